The summed E-state index contributed by atoms with van der Waals surface area (Å²) in [4.78, 5) is 7.93. The molecule has 0 amide bonds. The molecule has 0 spiro atoms. The summed E-state index contributed by atoms with van der Waals surface area (Å²) < 4.78 is 24.9. The number of benzene rings is 1. The third-order valence-corrected chi connectivity index (χ3v) is 2.00. The van der Waals surface area contributed by atoms with Crippen molar-refractivity contribution in [2.24, 2.45) is 0 Å². The molecular weight excluding hydrogens is 198 g/mol. The van der Waals surface area contributed by atoms with Gasteiger partial charge in [-0.1, -0.05) is 18.2 Å². The maximum atomic E-state index is 12.4. The molecule has 0 atom stereocenters. The van der Waals surface area contributed by atoms with Crippen molar-refractivity contribution in [3.8, 4) is 11.3 Å². The highest BCUT2D eigenvalue weighted by molar-refractivity contribution is 5.58. The van der Waals surface area contributed by atoms with Gasteiger partial charge in [-0.25, -0.2) is 8.78 Å². The standard InChI is InChI=1S/C11H8F2N2/c12-11(13)9-3-1-2-8(6-9)10-7-14-4-5-15-10/h1-7,11H. The van der Waals surface area contributed by atoms with Gasteiger partial charge in [0.05, 0.1) is 11.9 Å². The number of alkyl halides is 2. The Labute approximate surface area is 85.6 Å². The number of halogens is 2. The number of hydrogen-bond donors (Lipinski definition) is 0. The van der Waals surface area contributed by atoms with Gasteiger partial charge in [0.1, 0.15) is 0 Å². The van der Waals surface area contributed by atoms with Crippen LogP contribution in [0.4, 0.5) is 8.78 Å². The van der Waals surface area contributed by atoms with E-state index in [1.54, 1.807) is 24.5 Å². The summed E-state index contributed by atoms with van der Waals surface area (Å²) >= 11 is 0. The highest BCUT2D eigenvalue weighted by Crippen LogP contribution is 2.23. The molecule has 0 aliphatic heterocycles. The molecular formula is C11H8F2N2. The fourth-order valence-electron chi connectivity index (χ4n) is 1.28. The highest BCUT2D eigenvalue weighted by Gasteiger charge is 2.08. The summed E-state index contributed by atoms with van der Waals surface area (Å²) in [7, 11) is 0. The van der Waals surface area contributed by atoms with Crippen LogP contribution in [0.5, 0.6) is 0 Å². The zero-order valence-electron chi connectivity index (χ0n) is 7.77. The Balaban J connectivity index is 2.42. The molecule has 0 unspecified atom stereocenters. The van der Waals surface area contributed by atoms with Crippen molar-refractivity contribution in [3.63, 3.8) is 0 Å². The third-order valence-electron chi connectivity index (χ3n) is 2.00. The molecule has 1 aromatic heterocycles. The van der Waals surface area contributed by atoms with Crippen molar-refractivity contribution in [2.75, 3.05) is 0 Å². The van der Waals surface area contributed by atoms with E-state index in [2.05, 4.69) is 9.97 Å². The molecule has 0 saturated heterocycles. The zero-order chi connectivity index (χ0) is 10.7. The highest BCUT2D eigenvalue weighted by atomic mass is 19.3. The summed E-state index contributed by atoms with van der Waals surface area (Å²) in [6, 6.07) is 6.14. The van der Waals surface area contributed by atoms with Crippen LogP contribution in [0.3, 0.4) is 0 Å². The van der Waals surface area contributed by atoms with Crippen molar-refractivity contribution in [3.05, 3.63) is 48.4 Å². The average Bonchev–Trinajstić information content (AvgIpc) is 2.30. The van der Waals surface area contributed by atoms with Crippen LogP contribution in [0.2, 0.25) is 0 Å². The second-order valence-corrected chi connectivity index (χ2v) is 3.02. The Bertz CT molecular complexity index is 443. The van der Waals surface area contributed by atoms with Gasteiger partial charge < -0.3 is 0 Å². The minimum absolute atomic E-state index is 0.00171. The molecule has 0 N–H and O–H groups in total. The molecule has 15 heavy (non-hydrogen) atoms. The van der Waals surface area contributed by atoms with Crippen LogP contribution in [0.15, 0.2) is 42.9 Å². The van der Waals surface area contributed by atoms with E-state index < -0.39 is 6.43 Å². The fourth-order valence-corrected chi connectivity index (χ4v) is 1.28. The monoisotopic (exact) mass is 206 g/mol. The Morgan fingerprint density at radius 3 is 2.67 bits per heavy atom. The van der Waals surface area contributed by atoms with Gasteiger partial charge in [0.2, 0.25) is 0 Å². The Hall–Kier alpha value is -1.84. The van der Waals surface area contributed by atoms with Crippen LogP contribution >= 0.6 is 0 Å². The molecule has 0 aliphatic rings. The van der Waals surface area contributed by atoms with Crippen molar-refractivity contribution in [2.45, 2.75) is 6.43 Å². The molecule has 0 saturated carbocycles. The van der Waals surface area contributed by atoms with Gasteiger partial charge in [-0.15, -0.1) is 0 Å². The molecule has 2 nitrogen and oxygen atoms in total. The predicted molar refractivity (Wildman–Crippen MR) is 52.4 cm³/mol. The van der Waals surface area contributed by atoms with Gasteiger partial charge in [-0.3, -0.25) is 9.97 Å². The molecule has 4 heteroatoms. The second kappa shape index (κ2) is 4.13. The van der Waals surface area contributed by atoms with Gasteiger partial charge in [0.25, 0.3) is 6.43 Å². The SMILES string of the molecule is FC(F)c1cccc(-c2cnccn2)c1. The van der Waals surface area contributed by atoms with Crippen molar-refractivity contribution in [1.82, 2.24) is 9.97 Å². The van der Waals surface area contributed by atoms with Gasteiger partial charge in [0, 0.05) is 23.5 Å². The minimum atomic E-state index is -2.46. The summed E-state index contributed by atoms with van der Waals surface area (Å²) in [6.45, 7) is 0. The third kappa shape index (κ3) is 2.15. The summed E-state index contributed by atoms with van der Waals surface area (Å²) in [5, 5.41) is 0. The Morgan fingerprint density at radius 2 is 2.00 bits per heavy atom. The van der Waals surface area contributed by atoms with Gasteiger partial charge in [-0.2, -0.15) is 0 Å². The first-order valence-corrected chi connectivity index (χ1v) is 4.42. The van der Waals surface area contributed by atoms with Gasteiger partial charge in [0.15, 0.2) is 0 Å². The van der Waals surface area contributed by atoms with E-state index in [0.717, 1.165) is 0 Å². The van der Waals surface area contributed by atoms with E-state index in [9.17, 15) is 8.78 Å². The average molecular weight is 206 g/mol. The number of nitrogens with zero attached hydrogens (tertiary/aromatic N) is 2. The molecule has 0 aliphatic carbocycles. The summed E-state index contributed by atoms with van der Waals surface area (Å²) in [5.41, 5.74) is 1.25. The van der Waals surface area contributed by atoms with E-state index in [1.165, 1.54) is 18.3 Å². The number of aromatic nitrogens is 2. The van der Waals surface area contributed by atoms with Crippen molar-refractivity contribution in [1.29, 1.82) is 0 Å². The summed E-state index contributed by atoms with van der Waals surface area (Å²) in [6.07, 6.45) is 2.16. The first-order chi connectivity index (χ1) is 7.27. The Kier molecular flexibility index (Phi) is 2.67. The molecule has 1 heterocycles. The minimum Gasteiger partial charge on any atom is -0.261 e. The first-order valence-electron chi connectivity index (χ1n) is 4.42. The van der Waals surface area contributed by atoms with Crippen molar-refractivity contribution >= 4 is 0 Å². The van der Waals surface area contributed by atoms with Crippen LogP contribution in [0, 0.1) is 0 Å². The van der Waals surface area contributed by atoms with Crippen LogP contribution in [0.1, 0.15) is 12.0 Å². The first kappa shape index (κ1) is 9.71. The lowest BCUT2D eigenvalue weighted by atomic mass is 10.1. The zero-order valence-corrected chi connectivity index (χ0v) is 7.77. The normalized spacial score (nSPS) is 10.6. The number of rotatable bonds is 2. The Morgan fingerprint density at radius 1 is 1.13 bits per heavy atom. The smallest absolute Gasteiger partial charge is 0.261 e. The van der Waals surface area contributed by atoms with Gasteiger partial charge >= 0.3 is 0 Å². The van der Waals surface area contributed by atoms with E-state index in [4.69, 9.17) is 0 Å². The number of hydrogen-bond acceptors (Lipinski definition) is 2. The maximum absolute atomic E-state index is 12.4. The molecule has 0 fully saturated rings. The largest absolute Gasteiger partial charge is 0.263 e. The van der Waals surface area contributed by atoms with Crippen molar-refractivity contribution < 1.29 is 8.78 Å². The van der Waals surface area contributed by atoms with Crippen LogP contribution in [0.25, 0.3) is 11.3 Å². The van der Waals surface area contributed by atoms with Crippen LogP contribution in [-0.2, 0) is 0 Å². The molecule has 0 radical (unpaired) electrons. The molecule has 2 aromatic rings. The molecule has 76 valence electrons. The predicted octanol–water partition coefficient (Wildman–Crippen LogP) is 3.08. The van der Waals surface area contributed by atoms with E-state index in [1.807, 2.05) is 0 Å². The van der Waals surface area contributed by atoms with Gasteiger partial charge in [-0.05, 0) is 6.07 Å². The molecule has 2 rings (SSSR count). The topological polar surface area (TPSA) is 25.8 Å². The van der Waals surface area contributed by atoms with E-state index in [-0.39, 0.29) is 5.56 Å². The molecule has 1 aromatic carbocycles. The van der Waals surface area contributed by atoms with E-state index >= 15 is 0 Å². The summed E-state index contributed by atoms with van der Waals surface area (Å²) in [5.74, 6) is 0. The lowest BCUT2D eigenvalue weighted by molar-refractivity contribution is 0.151. The molecule has 0 bridgehead atoms. The lowest BCUT2D eigenvalue weighted by Gasteiger charge is -2.03. The van der Waals surface area contributed by atoms with Crippen LogP contribution < -0.4 is 0 Å². The van der Waals surface area contributed by atoms with E-state index in [0.29, 0.717) is 11.3 Å². The van der Waals surface area contributed by atoms with Crippen LogP contribution in [-0.4, -0.2) is 9.97 Å². The fraction of sp³-hybridized carbons (Fsp3) is 0.0909. The second-order valence-electron chi connectivity index (χ2n) is 3.02. The lowest BCUT2D eigenvalue weighted by Crippen LogP contribution is -1.87. The quantitative estimate of drug-likeness (QED) is 0.754. The maximum Gasteiger partial charge on any atom is 0.263 e.